The molecule has 2 atom stereocenters. The van der Waals surface area contributed by atoms with Crippen molar-refractivity contribution in [3.63, 3.8) is 0 Å². The van der Waals surface area contributed by atoms with Crippen LogP contribution in [0, 0.1) is 6.92 Å². The zero-order valence-corrected chi connectivity index (χ0v) is 12.4. The molecule has 1 aromatic heterocycles. The molecule has 2 unspecified atom stereocenters. The second-order valence-corrected chi connectivity index (χ2v) is 6.34. The first-order valence-electron chi connectivity index (χ1n) is 7.12. The van der Waals surface area contributed by atoms with E-state index in [9.17, 15) is 0 Å². The monoisotopic (exact) mass is 267 g/mol. The van der Waals surface area contributed by atoms with Gasteiger partial charge in [0.1, 0.15) is 5.01 Å². The van der Waals surface area contributed by atoms with E-state index in [0.29, 0.717) is 12.1 Å². The van der Waals surface area contributed by atoms with Crippen LogP contribution in [0.3, 0.4) is 0 Å². The Morgan fingerprint density at radius 2 is 2.39 bits per heavy atom. The van der Waals surface area contributed by atoms with Crippen LogP contribution in [0.25, 0.3) is 0 Å². The largest absolute Gasteiger partial charge is 0.314 e. The van der Waals surface area contributed by atoms with Crippen LogP contribution in [0.2, 0.25) is 0 Å². The van der Waals surface area contributed by atoms with Crippen LogP contribution in [0.4, 0.5) is 0 Å². The zero-order chi connectivity index (χ0) is 12.8. The molecule has 0 amide bonds. The summed E-state index contributed by atoms with van der Waals surface area (Å²) < 4.78 is 0. The normalized spacial score (nSPS) is 22.7. The number of hydrogen-bond donors (Lipinski definition) is 2. The fourth-order valence-electron chi connectivity index (χ4n) is 2.56. The summed E-state index contributed by atoms with van der Waals surface area (Å²) in [4.78, 5) is 4.48. The molecular formula is C14H25N3S. The minimum absolute atomic E-state index is 0.560. The van der Waals surface area contributed by atoms with E-state index in [-0.39, 0.29) is 0 Å². The third-order valence-corrected chi connectivity index (χ3v) is 4.54. The summed E-state index contributed by atoms with van der Waals surface area (Å²) in [7, 11) is 0. The van der Waals surface area contributed by atoms with Crippen LogP contribution in [0.1, 0.15) is 49.7 Å². The number of aromatic nitrogens is 1. The summed E-state index contributed by atoms with van der Waals surface area (Å²) in [6.07, 6.45) is 6.68. The van der Waals surface area contributed by atoms with Gasteiger partial charge >= 0.3 is 0 Å². The fourth-order valence-corrected chi connectivity index (χ4v) is 3.28. The van der Waals surface area contributed by atoms with Gasteiger partial charge in [0, 0.05) is 29.7 Å². The maximum absolute atomic E-state index is 4.48. The van der Waals surface area contributed by atoms with E-state index >= 15 is 0 Å². The van der Waals surface area contributed by atoms with Crippen LogP contribution in [-0.4, -0.2) is 23.6 Å². The van der Waals surface area contributed by atoms with Gasteiger partial charge in [-0.25, -0.2) is 4.98 Å². The van der Waals surface area contributed by atoms with Gasteiger partial charge in [0.25, 0.3) is 0 Å². The molecule has 2 rings (SSSR count). The lowest BCUT2D eigenvalue weighted by molar-refractivity contribution is 0.402. The van der Waals surface area contributed by atoms with Crippen molar-refractivity contribution in [3.05, 3.63) is 16.1 Å². The molecule has 18 heavy (non-hydrogen) atoms. The molecular weight excluding hydrogens is 242 g/mol. The first-order chi connectivity index (χ1) is 8.74. The van der Waals surface area contributed by atoms with Crippen LogP contribution in [0.5, 0.6) is 0 Å². The van der Waals surface area contributed by atoms with Crippen LogP contribution in [0.15, 0.2) is 5.38 Å². The SMILES string of the molecule is Cc1csc(CNC(C)CC2CCCCCN2)n1. The minimum atomic E-state index is 0.560. The van der Waals surface area contributed by atoms with Gasteiger partial charge in [0.15, 0.2) is 0 Å². The Hall–Kier alpha value is -0.450. The number of thiazole rings is 1. The van der Waals surface area contributed by atoms with E-state index in [4.69, 9.17) is 0 Å². The lowest BCUT2D eigenvalue weighted by atomic mass is 10.0. The second-order valence-electron chi connectivity index (χ2n) is 5.40. The fraction of sp³-hybridized carbons (Fsp3) is 0.786. The van der Waals surface area contributed by atoms with E-state index in [1.807, 2.05) is 0 Å². The maximum atomic E-state index is 4.48. The van der Waals surface area contributed by atoms with Gasteiger partial charge in [-0.05, 0) is 39.7 Å². The van der Waals surface area contributed by atoms with Crippen LogP contribution >= 0.6 is 11.3 Å². The third kappa shape index (κ3) is 4.67. The molecule has 1 aliphatic rings. The summed E-state index contributed by atoms with van der Waals surface area (Å²) in [6.45, 7) is 6.45. The number of rotatable bonds is 5. The maximum Gasteiger partial charge on any atom is 0.107 e. The van der Waals surface area contributed by atoms with Gasteiger partial charge in [0.05, 0.1) is 0 Å². The van der Waals surface area contributed by atoms with Crippen molar-refractivity contribution in [2.45, 2.75) is 64.6 Å². The molecule has 0 aliphatic carbocycles. The zero-order valence-electron chi connectivity index (χ0n) is 11.5. The average molecular weight is 267 g/mol. The van der Waals surface area contributed by atoms with Gasteiger partial charge < -0.3 is 10.6 Å². The van der Waals surface area contributed by atoms with Gasteiger partial charge in [-0.15, -0.1) is 11.3 Å². The van der Waals surface area contributed by atoms with Crippen molar-refractivity contribution in [2.75, 3.05) is 6.54 Å². The molecule has 1 aliphatic heterocycles. The Labute approximate surface area is 114 Å². The standard InChI is InChI=1S/C14H25N3S/c1-11(8-13-6-4-3-5-7-15-13)16-9-14-17-12(2)10-18-14/h10-11,13,15-16H,3-9H2,1-2H3. The van der Waals surface area contributed by atoms with E-state index in [1.54, 1.807) is 11.3 Å². The predicted octanol–water partition coefficient (Wildman–Crippen LogP) is 2.85. The molecule has 2 heterocycles. The summed E-state index contributed by atoms with van der Waals surface area (Å²) >= 11 is 1.75. The highest BCUT2D eigenvalue weighted by Gasteiger charge is 2.14. The van der Waals surface area contributed by atoms with Crippen molar-refractivity contribution >= 4 is 11.3 Å². The first kappa shape index (κ1) is 14.0. The van der Waals surface area contributed by atoms with Gasteiger partial charge in [-0.2, -0.15) is 0 Å². The van der Waals surface area contributed by atoms with Gasteiger partial charge in [-0.1, -0.05) is 12.8 Å². The average Bonchev–Trinajstić information content (AvgIpc) is 2.60. The summed E-state index contributed by atoms with van der Waals surface area (Å²) in [5.41, 5.74) is 1.13. The lowest BCUT2D eigenvalue weighted by Gasteiger charge is -2.21. The number of aryl methyl sites for hydroxylation is 1. The summed E-state index contributed by atoms with van der Waals surface area (Å²) in [5, 5.41) is 10.6. The molecule has 0 radical (unpaired) electrons. The number of nitrogens with one attached hydrogen (secondary N) is 2. The lowest BCUT2D eigenvalue weighted by Crippen LogP contribution is -2.36. The highest BCUT2D eigenvalue weighted by Crippen LogP contribution is 2.13. The summed E-state index contributed by atoms with van der Waals surface area (Å²) in [5.74, 6) is 0. The quantitative estimate of drug-likeness (QED) is 0.861. The third-order valence-electron chi connectivity index (χ3n) is 3.57. The van der Waals surface area contributed by atoms with E-state index < -0.39 is 0 Å². The molecule has 1 saturated heterocycles. The summed E-state index contributed by atoms with van der Waals surface area (Å²) in [6, 6.07) is 1.26. The Morgan fingerprint density at radius 3 is 3.17 bits per heavy atom. The molecule has 102 valence electrons. The van der Waals surface area contributed by atoms with Crippen molar-refractivity contribution < 1.29 is 0 Å². The molecule has 0 saturated carbocycles. The van der Waals surface area contributed by atoms with Crippen molar-refractivity contribution in [1.29, 1.82) is 0 Å². The highest BCUT2D eigenvalue weighted by atomic mass is 32.1. The molecule has 0 aromatic carbocycles. The molecule has 2 N–H and O–H groups in total. The molecule has 1 aromatic rings. The van der Waals surface area contributed by atoms with Crippen molar-refractivity contribution in [2.24, 2.45) is 0 Å². The Bertz CT molecular complexity index is 343. The van der Waals surface area contributed by atoms with E-state index in [1.165, 1.54) is 43.7 Å². The minimum Gasteiger partial charge on any atom is -0.314 e. The molecule has 1 fully saturated rings. The van der Waals surface area contributed by atoms with E-state index in [2.05, 4.69) is 34.8 Å². The molecule has 4 heteroatoms. The topological polar surface area (TPSA) is 37.0 Å². The highest BCUT2D eigenvalue weighted by molar-refractivity contribution is 7.09. The second kappa shape index (κ2) is 7.22. The Kier molecular flexibility index (Phi) is 5.60. The molecule has 0 bridgehead atoms. The number of hydrogen-bond acceptors (Lipinski definition) is 4. The van der Waals surface area contributed by atoms with Gasteiger partial charge in [-0.3, -0.25) is 0 Å². The first-order valence-corrected chi connectivity index (χ1v) is 8.00. The molecule has 3 nitrogen and oxygen atoms in total. The van der Waals surface area contributed by atoms with E-state index in [0.717, 1.165) is 12.2 Å². The Balaban J connectivity index is 1.69. The number of nitrogens with zero attached hydrogens (tertiary/aromatic N) is 1. The van der Waals surface area contributed by atoms with Crippen LogP contribution < -0.4 is 10.6 Å². The van der Waals surface area contributed by atoms with Gasteiger partial charge in [0.2, 0.25) is 0 Å². The van der Waals surface area contributed by atoms with Crippen molar-refractivity contribution in [3.8, 4) is 0 Å². The Morgan fingerprint density at radius 1 is 1.50 bits per heavy atom. The van der Waals surface area contributed by atoms with Crippen molar-refractivity contribution in [1.82, 2.24) is 15.6 Å². The molecule has 0 spiro atoms. The smallest absolute Gasteiger partial charge is 0.107 e. The van der Waals surface area contributed by atoms with Crippen LogP contribution in [-0.2, 0) is 6.54 Å². The predicted molar refractivity (Wildman–Crippen MR) is 78.0 cm³/mol.